The van der Waals surface area contributed by atoms with E-state index in [4.69, 9.17) is 11.6 Å². The molecule has 1 aliphatic rings. The summed E-state index contributed by atoms with van der Waals surface area (Å²) < 4.78 is 0. The molecule has 2 atom stereocenters. The van der Waals surface area contributed by atoms with E-state index < -0.39 is 0 Å². The van der Waals surface area contributed by atoms with E-state index >= 15 is 0 Å². The molecule has 17 heavy (non-hydrogen) atoms. The summed E-state index contributed by atoms with van der Waals surface area (Å²) in [6.45, 7) is 4.15. The highest BCUT2D eigenvalue weighted by atomic mass is 35.5. The topological polar surface area (TPSA) is 20.3 Å². The third kappa shape index (κ3) is 3.08. The molecule has 0 N–H and O–H groups in total. The minimum absolute atomic E-state index is 0.273. The van der Waals surface area contributed by atoms with Crippen molar-refractivity contribution in [3.05, 3.63) is 35.9 Å². The number of benzene rings is 1. The minimum Gasteiger partial charge on any atom is -0.289 e. The van der Waals surface area contributed by atoms with Crippen LogP contribution in [0.4, 0.5) is 0 Å². The number of halogens is 1. The highest BCUT2D eigenvalue weighted by molar-refractivity contribution is 6.64. The Hall–Kier alpha value is -0.860. The van der Waals surface area contributed by atoms with E-state index in [2.05, 4.69) is 11.8 Å². The first kappa shape index (κ1) is 12.6. The van der Waals surface area contributed by atoms with Crippen LogP contribution in [0.1, 0.15) is 31.4 Å². The molecule has 1 aromatic carbocycles. The van der Waals surface area contributed by atoms with Crippen LogP contribution in [0.2, 0.25) is 0 Å². The number of carbonyl (C=O) groups excluding carboxylic acids is 1. The Bertz CT molecular complexity index is 379. The Morgan fingerprint density at radius 2 is 2.12 bits per heavy atom. The zero-order chi connectivity index (χ0) is 12.3. The molecular weight excluding hydrogens is 234 g/mol. The fraction of sp³-hybridized carbons (Fsp3) is 0.500. The molecular formula is C14H18ClNO. The average molecular weight is 252 g/mol. The van der Waals surface area contributed by atoms with Crippen LogP contribution in [0.3, 0.4) is 0 Å². The summed E-state index contributed by atoms with van der Waals surface area (Å²) in [6.07, 6.45) is 2.39. The molecule has 0 bridgehead atoms. The van der Waals surface area contributed by atoms with Crippen molar-refractivity contribution in [2.24, 2.45) is 5.92 Å². The molecule has 1 saturated heterocycles. The van der Waals surface area contributed by atoms with Crippen LogP contribution in [0.15, 0.2) is 30.3 Å². The van der Waals surface area contributed by atoms with Gasteiger partial charge in [0.2, 0.25) is 5.24 Å². The molecule has 2 nitrogen and oxygen atoms in total. The zero-order valence-corrected chi connectivity index (χ0v) is 10.9. The Morgan fingerprint density at radius 3 is 2.71 bits per heavy atom. The van der Waals surface area contributed by atoms with Crippen LogP contribution in [0.25, 0.3) is 0 Å². The van der Waals surface area contributed by atoms with Crippen LogP contribution in [0, 0.1) is 5.92 Å². The second-order valence-corrected chi connectivity index (χ2v) is 5.23. The van der Waals surface area contributed by atoms with Gasteiger partial charge in [0, 0.05) is 6.54 Å². The highest BCUT2D eigenvalue weighted by Crippen LogP contribution is 2.28. The summed E-state index contributed by atoms with van der Waals surface area (Å²) in [5, 5.41) is -0.273. The molecule has 0 aromatic heterocycles. The molecule has 0 saturated carbocycles. The van der Waals surface area contributed by atoms with E-state index in [9.17, 15) is 4.79 Å². The highest BCUT2D eigenvalue weighted by Gasteiger charge is 2.29. The van der Waals surface area contributed by atoms with Crippen molar-refractivity contribution in [3.63, 3.8) is 0 Å². The fourth-order valence-corrected chi connectivity index (χ4v) is 2.84. The van der Waals surface area contributed by atoms with Crippen molar-refractivity contribution in [2.75, 3.05) is 13.1 Å². The standard InChI is InChI=1S/C14H18ClNO/c1-11-6-5-9-16(10-11)13(14(15)17)12-7-3-2-4-8-12/h2-4,7-8,11,13H,5-6,9-10H2,1H3. The summed E-state index contributed by atoms with van der Waals surface area (Å²) in [4.78, 5) is 13.9. The van der Waals surface area contributed by atoms with Gasteiger partial charge >= 0.3 is 0 Å². The molecule has 92 valence electrons. The molecule has 0 aliphatic carbocycles. The number of hydrogen-bond acceptors (Lipinski definition) is 2. The van der Waals surface area contributed by atoms with Gasteiger partial charge in [0.15, 0.2) is 0 Å². The molecule has 2 unspecified atom stereocenters. The normalized spacial score (nSPS) is 23.3. The summed E-state index contributed by atoms with van der Waals surface area (Å²) in [5.74, 6) is 0.644. The van der Waals surface area contributed by atoms with E-state index in [-0.39, 0.29) is 11.3 Å². The molecule has 1 heterocycles. The molecule has 1 fully saturated rings. The van der Waals surface area contributed by atoms with Gasteiger partial charge < -0.3 is 0 Å². The van der Waals surface area contributed by atoms with Gasteiger partial charge in [-0.05, 0) is 42.5 Å². The smallest absolute Gasteiger partial charge is 0.243 e. The van der Waals surface area contributed by atoms with Crippen LogP contribution in [-0.4, -0.2) is 23.2 Å². The molecule has 1 aromatic rings. The van der Waals surface area contributed by atoms with Gasteiger partial charge in [-0.3, -0.25) is 9.69 Å². The lowest BCUT2D eigenvalue weighted by molar-refractivity contribution is -0.117. The number of likely N-dealkylation sites (tertiary alicyclic amines) is 1. The summed E-state index contributed by atoms with van der Waals surface area (Å²) in [7, 11) is 0. The lowest BCUT2D eigenvalue weighted by atomic mass is 9.96. The second kappa shape index (κ2) is 5.65. The van der Waals surface area contributed by atoms with E-state index in [1.165, 1.54) is 6.42 Å². The minimum atomic E-state index is -0.277. The number of rotatable bonds is 3. The number of hydrogen-bond donors (Lipinski definition) is 0. The number of carbonyl (C=O) groups is 1. The predicted molar refractivity (Wildman–Crippen MR) is 70.0 cm³/mol. The Balaban J connectivity index is 2.20. The number of nitrogens with zero attached hydrogens (tertiary/aromatic N) is 1. The van der Waals surface area contributed by atoms with Crippen molar-refractivity contribution < 1.29 is 4.79 Å². The van der Waals surface area contributed by atoms with Crippen molar-refractivity contribution in [1.82, 2.24) is 4.90 Å². The summed E-state index contributed by atoms with van der Waals surface area (Å²) >= 11 is 5.78. The quantitative estimate of drug-likeness (QED) is 0.769. The molecule has 0 amide bonds. The predicted octanol–water partition coefficient (Wildman–Crippen LogP) is 3.23. The molecule has 0 spiro atoms. The fourth-order valence-electron chi connectivity index (χ4n) is 2.58. The van der Waals surface area contributed by atoms with Crippen molar-refractivity contribution in [3.8, 4) is 0 Å². The van der Waals surface area contributed by atoms with Gasteiger partial charge in [0.1, 0.15) is 6.04 Å². The average Bonchev–Trinajstić information content (AvgIpc) is 2.30. The molecule has 1 aliphatic heterocycles. The van der Waals surface area contributed by atoms with Crippen LogP contribution in [-0.2, 0) is 4.79 Å². The Kier molecular flexibility index (Phi) is 4.19. The number of piperidine rings is 1. The summed E-state index contributed by atoms with van der Waals surface area (Å²) in [6, 6.07) is 9.54. The first-order valence-corrected chi connectivity index (χ1v) is 6.54. The monoisotopic (exact) mass is 251 g/mol. The third-order valence-corrected chi connectivity index (χ3v) is 3.59. The Labute approximate surface area is 108 Å². The first-order valence-electron chi connectivity index (χ1n) is 6.17. The van der Waals surface area contributed by atoms with E-state index in [1.54, 1.807) is 0 Å². The van der Waals surface area contributed by atoms with Crippen molar-refractivity contribution in [2.45, 2.75) is 25.8 Å². The van der Waals surface area contributed by atoms with Gasteiger partial charge in [0.25, 0.3) is 0 Å². The van der Waals surface area contributed by atoms with E-state index in [1.807, 2.05) is 30.3 Å². The van der Waals surface area contributed by atoms with E-state index in [0.717, 1.165) is 25.1 Å². The molecule has 0 radical (unpaired) electrons. The van der Waals surface area contributed by atoms with Crippen LogP contribution in [0.5, 0.6) is 0 Å². The van der Waals surface area contributed by atoms with Crippen LogP contribution >= 0.6 is 11.6 Å². The van der Waals surface area contributed by atoms with Crippen molar-refractivity contribution in [1.29, 1.82) is 0 Å². The second-order valence-electron chi connectivity index (χ2n) is 4.86. The van der Waals surface area contributed by atoms with Crippen LogP contribution < -0.4 is 0 Å². The first-order chi connectivity index (χ1) is 8.18. The van der Waals surface area contributed by atoms with Gasteiger partial charge in [-0.1, -0.05) is 37.3 Å². The Morgan fingerprint density at radius 1 is 1.41 bits per heavy atom. The molecule has 3 heteroatoms. The van der Waals surface area contributed by atoms with E-state index in [0.29, 0.717) is 5.92 Å². The maximum atomic E-state index is 11.7. The maximum Gasteiger partial charge on any atom is 0.243 e. The van der Waals surface area contributed by atoms with Gasteiger partial charge in [-0.15, -0.1) is 0 Å². The van der Waals surface area contributed by atoms with Gasteiger partial charge in [0.05, 0.1) is 0 Å². The largest absolute Gasteiger partial charge is 0.289 e. The lowest BCUT2D eigenvalue weighted by Crippen LogP contribution is -2.39. The lowest BCUT2D eigenvalue weighted by Gasteiger charge is -2.35. The zero-order valence-electron chi connectivity index (χ0n) is 10.1. The third-order valence-electron chi connectivity index (χ3n) is 3.38. The summed E-state index contributed by atoms with van der Waals surface area (Å²) in [5.41, 5.74) is 1.00. The maximum absolute atomic E-state index is 11.7. The molecule has 2 rings (SSSR count). The van der Waals surface area contributed by atoms with Gasteiger partial charge in [-0.25, -0.2) is 0 Å². The van der Waals surface area contributed by atoms with Gasteiger partial charge in [-0.2, -0.15) is 0 Å². The van der Waals surface area contributed by atoms with Crippen molar-refractivity contribution >= 4 is 16.8 Å². The SMILES string of the molecule is CC1CCCN(C(C(=O)Cl)c2ccccc2)C1.